The lowest BCUT2D eigenvalue weighted by Crippen LogP contribution is -2.31. The van der Waals surface area contributed by atoms with Gasteiger partial charge in [0.2, 0.25) is 5.82 Å². The van der Waals surface area contributed by atoms with Gasteiger partial charge in [-0.05, 0) is 43.4 Å². The smallest absolute Gasteiger partial charge is 0.208 e. The summed E-state index contributed by atoms with van der Waals surface area (Å²) in [7, 11) is 0. The van der Waals surface area contributed by atoms with Gasteiger partial charge in [0.05, 0.1) is 18.5 Å². The third kappa shape index (κ3) is 2.97. The predicted octanol–water partition coefficient (Wildman–Crippen LogP) is 1.85. The molecular formula is C20H25N5O2. The quantitative estimate of drug-likeness (QED) is 0.551. The molecule has 3 saturated carbocycles. The molecule has 0 saturated heterocycles. The lowest BCUT2D eigenvalue weighted by molar-refractivity contribution is 0.00386. The first-order valence-electron chi connectivity index (χ1n) is 10.0. The highest BCUT2D eigenvalue weighted by Gasteiger charge is 2.60. The van der Waals surface area contributed by atoms with Gasteiger partial charge in [0.1, 0.15) is 6.10 Å². The second-order valence-corrected chi connectivity index (χ2v) is 8.08. The third-order valence-electron chi connectivity index (χ3n) is 5.98. The zero-order valence-electron chi connectivity index (χ0n) is 15.5. The van der Waals surface area contributed by atoms with Crippen LogP contribution >= 0.6 is 0 Å². The van der Waals surface area contributed by atoms with E-state index < -0.39 is 12.2 Å². The van der Waals surface area contributed by atoms with Crippen molar-refractivity contribution >= 4 is 17.0 Å². The van der Waals surface area contributed by atoms with E-state index in [0.29, 0.717) is 28.9 Å². The molecule has 0 amide bonds. The number of fused-ring (bicyclic) bond motifs is 2. The van der Waals surface area contributed by atoms with Crippen LogP contribution in [0.3, 0.4) is 0 Å². The molecule has 0 aliphatic heterocycles. The van der Waals surface area contributed by atoms with Crippen LogP contribution in [0.25, 0.3) is 11.2 Å². The van der Waals surface area contributed by atoms with Gasteiger partial charge in [-0.3, -0.25) is 0 Å². The molecule has 2 heterocycles. The van der Waals surface area contributed by atoms with E-state index >= 15 is 0 Å². The molecule has 0 unspecified atom stereocenters. The fraction of sp³-hybridized carbons (Fsp3) is 0.650. The molecule has 5 atom stereocenters. The Balaban J connectivity index is 1.55. The molecule has 0 spiro atoms. The van der Waals surface area contributed by atoms with Gasteiger partial charge < -0.3 is 20.1 Å². The van der Waals surface area contributed by atoms with Gasteiger partial charge in [-0.25, -0.2) is 15.0 Å². The Kier molecular flexibility index (Phi) is 4.06. The molecule has 3 aliphatic carbocycles. The number of aliphatic hydroxyl groups is 2. The lowest BCUT2D eigenvalue weighted by atomic mass is 10.1. The summed E-state index contributed by atoms with van der Waals surface area (Å²) >= 11 is 0. The van der Waals surface area contributed by atoms with Crippen molar-refractivity contribution < 1.29 is 10.2 Å². The second-order valence-electron chi connectivity index (χ2n) is 8.08. The molecule has 2 aromatic heterocycles. The summed E-state index contributed by atoms with van der Waals surface area (Å²) in [5, 5.41) is 24.1. The SMILES string of the molecule is CCCCC#Cc1nc(NC2CC2)c2ncn([C@H]3[C@H](O)[C@H](O)[C@@H]4C[C@@H]43)c2n1. The average molecular weight is 367 g/mol. The number of nitrogens with zero attached hydrogens (tertiary/aromatic N) is 4. The summed E-state index contributed by atoms with van der Waals surface area (Å²) in [5.41, 5.74) is 1.41. The fourth-order valence-corrected chi connectivity index (χ4v) is 4.22. The van der Waals surface area contributed by atoms with Crippen LogP contribution in [0.15, 0.2) is 6.33 Å². The minimum absolute atomic E-state index is 0.181. The summed E-state index contributed by atoms with van der Waals surface area (Å²) in [4.78, 5) is 13.8. The monoisotopic (exact) mass is 367 g/mol. The van der Waals surface area contributed by atoms with Crippen LogP contribution in [0, 0.1) is 23.7 Å². The van der Waals surface area contributed by atoms with Crippen molar-refractivity contribution in [1.29, 1.82) is 0 Å². The van der Waals surface area contributed by atoms with E-state index in [4.69, 9.17) is 0 Å². The third-order valence-corrected chi connectivity index (χ3v) is 5.98. The number of nitrogens with one attached hydrogen (secondary N) is 1. The molecule has 7 nitrogen and oxygen atoms in total. The lowest BCUT2D eigenvalue weighted by Gasteiger charge is -2.22. The summed E-state index contributed by atoms with van der Waals surface area (Å²) in [6, 6.07) is 0.264. The molecule has 0 bridgehead atoms. The number of imidazole rings is 1. The molecule has 5 rings (SSSR count). The topological polar surface area (TPSA) is 96.1 Å². The molecule has 142 valence electrons. The molecule has 2 aromatic rings. The number of hydrogen-bond acceptors (Lipinski definition) is 6. The first kappa shape index (κ1) is 17.0. The molecule has 0 radical (unpaired) electrons. The number of aromatic nitrogens is 4. The Hall–Kier alpha value is -2.17. The zero-order valence-corrected chi connectivity index (χ0v) is 15.5. The normalized spacial score (nSPS) is 31.4. The van der Waals surface area contributed by atoms with E-state index in [-0.39, 0.29) is 12.0 Å². The van der Waals surface area contributed by atoms with Crippen molar-refractivity contribution in [3.05, 3.63) is 12.2 Å². The van der Waals surface area contributed by atoms with Crippen LogP contribution in [-0.4, -0.2) is 48.0 Å². The van der Waals surface area contributed by atoms with Crippen LogP contribution in [0.2, 0.25) is 0 Å². The van der Waals surface area contributed by atoms with E-state index in [0.717, 1.165) is 44.3 Å². The Morgan fingerprint density at radius 3 is 2.78 bits per heavy atom. The van der Waals surface area contributed by atoms with E-state index in [2.05, 4.69) is 39.0 Å². The summed E-state index contributed by atoms with van der Waals surface area (Å²) in [6.07, 6.45) is 6.53. The van der Waals surface area contributed by atoms with Crippen molar-refractivity contribution in [2.75, 3.05) is 5.32 Å². The van der Waals surface area contributed by atoms with Crippen LogP contribution in [0.4, 0.5) is 5.82 Å². The second kappa shape index (κ2) is 6.47. The van der Waals surface area contributed by atoms with Crippen LogP contribution in [-0.2, 0) is 0 Å². The van der Waals surface area contributed by atoms with Crippen molar-refractivity contribution in [3.63, 3.8) is 0 Å². The first-order valence-corrected chi connectivity index (χ1v) is 10.0. The Labute approximate surface area is 158 Å². The maximum absolute atomic E-state index is 10.5. The van der Waals surface area contributed by atoms with E-state index in [1.54, 1.807) is 6.33 Å². The maximum Gasteiger partial charge on any atom is 0.208 e. The first-order chi connectivity index (χ1) is 13.2. The number of anilines is 1. The van der Waals surface area contributed by atoms with Crippen molar-refractivity contribution in [2.24, 2.45) is 11.8 Å². The predicted molar refractivity (Wildman–Crippen MR) is 101 cm³/mol. The molecule has 27 heavy (non-hydrogen) atoms. The van der Waals surface area contributed by atoms with Gasteiger partial charge in [0, 0.05) is 12.5 Å². The minimum Gasteiger partial charge on any atom is -0.390 e. The number of rotatable bonds is 5. The summed E-state index contributed by atoms with van der Waals surface area (Å²) in [6.45, 7) is 2.15. The Morgan fingerprint density at radius 1 is 1.22 bits per heavy atom. The van der Waals surface area contributed by atoms with Crippen molar-refractivity contribution in [2.45, 2.75) is 69.7 Å². The molecular weight excluding hydrogens is 342 g/mol. The zero-order chi connectivity index (χ0) is 18.5. The number of aliphatic hydroxyl groups excluding tert-OH is 2. The van der Waals surface area contributed by atoms with Crippen molar-refractivity contribution in [1.82, 2.24) is 19.5 Å². The molecule has 3 aliphatic rings. The minimum atomic E-state index is -0.778. The highest BCUT2D eigenvalue weighted by molar-refractivity contribution is 5.84. The number of unbranched alkanes of at least 4 members (excludes halogenated alkanes) is 2. The standard InChI is InChI=1S/C20H25N5O2/c1-2-3-4-5-6-14-23-19(22-11-7-8-11)15-20(24-14)25(10-21-15)16-12-9-13(12)17(26)18(16)27/h10-13,16-18,26-27H,2-4,7-9H2,1H3,(H,22,23,24)/t12-,13+,16+,17+,18-/m0/s1. The van der Waals surface area contributed by atoms with Crippen LogP contribution in [0.1, 0.15) is 57.3 Å². The van der Waals surface area contributed by atoms with Gasteiger partial charge in [0.25, 0.3) is 0 Å². The van der Waals surface area contributed by atoms with E-state index in [1.165, 1.54) is 0 Å². The number of hydrogen-bond donors (Lipinski definition) is 3. The Morgan fingerprint density at radius 2 is 2.07 bits per heavy atom. The highest BCUT2D eigenvalue weighted by atomic mass is 16.3. The highest BCUT2D eigenvalue weighted by Crippen LogP contribution is 2.57. The van der Waals surface area contributed by atoms with E-state index in [9.17, 15) is 10.2 Å². The van der Waals surface area contributed by atoms with Crippen LogP contribution in [0.5, 0.6) is 0 Å². The Bertz CT molecular complexity index is 926. The summed E-state index contributed by atoms with van der Waals surface area (Å²) < 4.78 is 1.93. The van der Waals surface area contributed by atoms with Gasteiger partial charge >= 0.3 is 0 Å². The van der Waals surface area contributed by atoms with Gasteiger partial charge in [-0.15, -0.1) is 0 Å². The maximum atomic E-state index is 10.5. The van der Waals surface area contributed by atoms with Gasteiger partial charge in [-0.2, -0.15) is 0 Å². The molecule has 3 fully saturated rings. The van der Waals surface area contributed by atoms with Gasteiger partial charge in [-0.1, -0.05) is 19.3 Å². The van der Waals surface area contributed by atoms with Crippen LogP contribution < -0.4 is 5.32 Å². The average Bonchev–Trinajstić information content (AvgIpc) is 3.56. The molecule has 7 heteroatoms. The largest absolute Gasteiger partial charge is 0.390 e. The summed E-state index contributed by atoms with van der Waals surface area (Å²) in [5.74, 6) is 7.95. The molecule has 0 aromatic carbocycles. The fourth-order valence-electron chi connectivity index (χ4n) is 4.22. The van der Waals surface area contributed by atoms with E-state index in [1.807, 2.05) is 4.57 Å². The van der Waals surface area contributed by atoms with Gasteiger partial charge in [0.15, 0.2) is 17.0 Å². The van der Waals surface area contributed by atoms with Crippen molar-refractivity contribution in [3.8, 4) is 11.8 Å². The molecule has 3 N–H and O–H groups in total.